The summed E-state index contributed by atoms with van der Waals surface area (Å²) >= 11 is 9.41. The fourth-order valence-electron chi connectivity index (χ4n) is 2.90. The molecule has 0 saturated carbocycles. The average molecular weight is 470 g/mol. The number of carbonyl (C=O) groups is 1. The van der Waals surface area contributed by atoms with E-state index in [2.05, 4.69) is 17.0 Å². The first kappa shape index (κ1) is 24.0. The number of benzene rings is 2. The van der Waals surface area contributed by atoms with Gasteiger partial charge in [0.1, 0.15) is 0 Å². The second-order valence-electron chi connectivity index (χ2n) is 6.94. The molecule has 1 heterocycles. The van der Waals surface area contributed by atoms with Crippen LogP contribution >= 0.6 is 47.1 Å². The third kappa shape index (κ3) is 6.09. The smallest absolute Gasteiger partial charge is 0.233 e. The first-order valence-corrected chi connectivity index (χ1v) is 11.4. The number of hydrogen-bond acceptors (Lipinski definition) is 5. The van der Waals surface area contributed by atoms with Crippen LogP contribution in [0.5, 0.6) is 0 Å². The molecule has 2 aromatic carbocycles. The number of aromatic nitrogens is 1. The molecule has 0 N–H and O–H groups in total. The van der Waals surface area contributed by atoms with Gasteiger partial charge in [-0.15, -0.1) is 24.2 Å². The highest BCUT2D eigenvalue weighted by Crippen LogP contribution is 2.33. The van der Waals surface area contributed by atoms with Gasteiger partial charge in [-0.3, -0.25) is 9.69 Å². The average Bonchev–Trinajstić information content (AvgIpc) is 3.06. The lowest BCUT2D eigenvalue weighted by atomic mass is 10.1. The maximum absolute atomic E-state index is 13.2. The van der Waals surface area contributed by atoms with Gasteiger partial charge >= 0.3 is 0 Å². The van der Waals surface area contributed by atoms with Crippen LogP contribution in [0.3, 0.4) is 0 Å². The molecule has 1 amide bonds. The molecule has 3 aromatic rings. The van der Waals surface area contributed by atoms with Gasteiger partial charge < -0.3 is 4.90 Å². The topological polar surface area (TPSA) is 36.4 Å². The number of thiazole rings is 1. The van der Waals surface area contributed by atoms with Crippen LogP contribution in [-0.2, 0) is 11.2 Å². The Morgan fingerprint density at radius 1 is 1.17 bits per heavy atom. The third-order valence-electron chi connectivity index (χ3n) is 4.46. The van der Waals surface area contributed by atoms with Crippen molar-refractivity contribution in [1.82, 2.24) is 9.88 Å². The quantitative estimate of drug-likeness (QED) is 0.425. The zero-order valence-electron chi connectivity index (χ0n) is 16.9. The lowest BCUT2D eigenvalue weighted by Gasteiger charge is -2.22. The standard InChI is InChI=1S/C21H24ClN3OS2.ClH/c1-14-11-16(22)13-18-20(14)23-21(28-18)25(10-9-24(2)3)19(26)12-15-5-7-17(27-4)8-6-15;/h5-8,11,13H,9-10,12H2,1-4H3;1H. The molecule has 29 heavy (non-hydrogen) atoms. The maximum atomic E-state index is 13.2. The Morgan fingerprint density at radius 3 is 2.48 bits per heavy atom. The molecule has 0 unspecified atom stereocenters. The number of fused-ring (bicyclic) bond motifs is 1. The maximum Gasteiger partial charge on any atom is 0.233 e. The molecular formula is C21H25Cl2N3OS2. The zero-order chi connectivity index (χ0) is 20.3. The molecule has 0 aliphatic heterocycles. The van der Waals surface area contributed by atoms with Crippen molar-refractivity contribution < 1.29 is 4.79 Å². The molecule has 0 bridgehead atoms. The summed E-state index contributed by atoms with van der Waals surface area (Å²) in [7, 11) is 4.01. The summed E-state index contributed by atoms with van der Waals surface area (Å²) in [4.78, 5) is 23.0. The Labute approximate surface area is 191 Å². The Balaban J connectivity index is 0.00000300. The molecule has 0 radical (unpaired) electrons. The van der Waals surface area contributed by atoms with Gasteiger partial charge in [0.25, 0.3) is 0 Å². The van der Waals surface area contributed by atoms with Gasteiger partial charge in [0, 0.05) is 23.0 Å². The molecule has 1 aromatic heterocycles. The van der Waals surface area contributed by atoms with E-state index in [1.165, 1.54) is 16.2 Å². The van der Waals surface area contributed by atoms with Crippen LogP contribution in [0.4, 0.5) is 5.13 Å². The van der Waals surface area contributed by atoms with E-state index in [0.717, 1.165) is 33.0 Å². The molecule has 0 aliphatic rings. The number of aryl methyl sites for hydroxylation is 1. The first-order chi connectivity index (χ1) is 13.4. The van der Waals surface area contributed by atoms with Gasteiger partial charge in [0.15, 0.2) is 5.13 Å². The molecular weight excluding hydrogens is 445 g/mol. The summed E-state index contributed by atoms with van der Waals surface area (Å²) in [6, 6.07) is 12.0. The number of anilines is 1. The van der Waals surface area contributed by atoms with E-state index in [4.69, 9.17) is 16.6 Å². The summed E-state index contributed by atoms with van der Waals surface area (Å²) in [5.41, 5.74) is 2.95. The molecule has 156 valence electrons. The van der Waals surface area contributed by atoms with Crippen LogP contribution in [0.2, 0.25) is 5.02 Å². The molecule has 8 heteroatoms. The van der Waals surface area contributed by atoms with E-state index >= 15 is 0 Å². The summed E-state index contributed by atoms with van der Waals surface area (Å²) in [6.07, 6.45) is 2.41. The molecule has 0 saturated heterocycles. The van der Waals surface area contributed by atoms with E-state index in [9.17, 15) is 4.79 Å². The van der Waals surface area contributed by atoms with Crippen molar-refractivity contribution in [2.75, 3.05) is 38.3 Å². The van der Waals surface area contributed by atoms with Crippen molar-refractivity contribution in [3.63, 3.8) is 0 Å². The molecule has 0 atom stereocenters. The van der Waals surface area contributed by atoms with Gasteiger partial charge in [0.2, 0.25) is 5.91 Å². The number of likely N-dealkylation sites (N-methyl/N-ethyl adjacent to an activating group) is 1. The minimum Gasteiger partial charge on any atom is -0.308 e. The molecule has 3 rings (SSSR count). The first-order valence-electron chi connectivity index (χ1n) is 9.02. The summed E-state index contributed by atoms with van der Waals surface area (Å²) < 4.78 is 1.01. The van der Waals surface area contributed by atoms with Crippen LogP contribution in [0.15, 0.2) is 41.3 Å². The molecule has 0 aliphatic carbocycles. The number of hydrogen-bond donors (Lipinski definition) is 0. The highest BCUT2D eigenvalue weighted by atomic mass is 35.5. The number of rotatable bonds is 7. The number of nitrogens with zero attached hydrogens (tertiary/aromatic N) is 3. The van der Waals surface area contributed by atoms with E-state index in [1.54, 1.807) is 16.7 Å². The SMILES string of the molecule is CSc1ccc(CC(=O)N(CCN(C)C)c2nc3c(C)cc(Cl)cc3s2)cc1.Cl. The summed E-state index contributed by atoms with van der Waals surface area (Å²) in [6.45, 7) is 3.37. The Kier molecular flexibility index (Phi) is 8.79. The molecule has 0 spiro atoms. The minimum absolute atomic E-state index is 0. The summed E-state index contributed by atoms with van der Waals surface area (Å²) in [5, 5.41) is 1.42. The predicted molar refractivity (Wildman–Crippen MR) is 129 cm³/mol. The number of halogens is 2. The van der Waals surface area contributed by atoms with Gasteiger partial charge in [-0.05, 0) is 62.7 Å². The van der Waals surface area contributed by atoms with Crippen LogP contribution in [0, 0.1) is 6.92 Å². The lowest BCUT2D eigenvalue weighted by Crippen LogP contribution is -2.37. The van der Waals surface area contributed by atoms with E-state index in [-0.39, 0.29) is 18.3 Å². The van der Waals surface area contributed by atoms with Crippen LogP contribution < -0.4 is 4.90 Å². The fraction of sp³-hybridized carbons (Fsp3) is 0.333. The largest absolute Gasteiger partial charge is 0.308 e. The van der Waals surface area contributed by atoms with E-state index in [0.29, 0.717) is 18.0 Å². The lowest BCUT2D eigenvalue weighted by molar-refractivity contribution is -0.118. The molecule has 0 fully saturated rings. The van der Waals surface area contributed by atoms with Gasteiger partial charge in [-0.25, -0.2) is 4.98 Å². The minimum atomic E-state index is 0. The second kappa shape index (κ2) is 10.6. The number of thioether (sulfide) groups is 1. The van der Waals surface area contributed by atoms with E-state index in [1.807, 2.05) is 51.5 Å². The highest BCUT2D eigenvalue weighted by Gasteiger charge is 2.21. The van der Waals surface area contributed by atoms with Gasteiger partial charge in [-0.2, -0.15) is 0 Å². The van der Waals surface area contributed by atoms with Crippen molar-refractivity contribution in [2.45, 2.75) is 18.2 Å². The van der Waals surface area contributed by atoms with Crippen LogP contribution in [0.1, 0.15) is 11.1 Å². The van der Waals surface area contributed by atoms with Crippen LogP contribution in [0.25, 0.3) is 10.2 Å². The van der Waals surface area contributed by atoms with Gasteiger partial charge in [0.05, 0.1) is 16.6 Å². The Bertz CT molecular complexity index is 974. The second-order valence-corrected chi connectivity index (χ2v) is 9.26. The van der Waals surface area contributed by atoms with Crippen LogP contribution in [-0.4, -0.2) is 49.2 Å². The highest BCUT2D eigenvalue weighted by molar-refractivity contribution is 7.98. The predicted octanol–water partition coefficient (Wildman–Crippen LogP) is 5.54. The molecule has 4 nitrogen and oxygen atoms in total. The fourth-order valence-corrected chi connectivity index (χ4v) is 4.77. The zero-order valence-corrected chi connectivity index (χ0v) is 20.1. The van der Waals surface area contributed by atoms with Crippen molar-refractivity contribution in [1.29, 1.82) is 0 Å². The summed E-state index contributed by atoms with van der Waals surface area (Å²) in [5.74, 6) is 0.0570. The van der Waals surface area contributed by atoms with Crippen molar-refractivity contribution >= 4 is 68.4 Å². The number of carbonyl (C=O) groups excluding carboxylic acids is 1. The Morgan fingerprint density at radius 2 is 1.86 bits per heavy atom. The van der Waals surface area contributed by atoms with Crippen molar-refractivity contribution in [3.05, 3.63) is 52.5 Å². The van der Waals surface area contributed by atoms with Crippen molar-refractivity contribution in [3.8, 4) is 0 Å². The Hall–Kier alpha value is -1.31. The monoisotopic (exact) mass is 469 g/mol. The van der Waals surface area contributed by atoms with Gasteiger partial charge in [-0.1, -0.05) is 35.1 Å². The van der Waals surface area contributed by atoms with E-state index < -0.39 is 0 Å². The third-order valence-corrected chi connectivity index (χ3v) is 6.44. The normalized spacial score (nSPS) is 11.0. The number of amides is 1. The van der Waals surface area contributed by atoms with Crippen molar-refractivity contribution in [2.24, 2.45) is 0 Å².